The summed E-state index contributed by atoms with van der Waals surface area (Å²) in [5, 5.41) is 9.42. The number of imidazole rings is 1. The van der Waals surface area contributed by atoms with Crippen LogP contribution in [-0.4, -0.2) is 31.4 Å². The number of thioether (sulfide) groups is 1. The number of carboxylic acid groups (broad SMARTS) is 1. The Morgan fingerprint density at radius 2 is 2.50 bits per heavy atom. The van der Waals surface area contributed by atoms with Crippen molar-refractivity contribution in [3.63, 3.8) is 0 Å². The van der Waals surface area contributed by atoms with E-state index in [2.05, 4.69) is 16.5 Å². The maximum Gasteiger partial charge on any atom is 0.313 e. The molecule has 0 amide bonds. The molecule has 1 atom stereocenters. The van der Waals surface area contributed by atoms with Crippen LogP contribution in [-0.2, 0) is 4.79 Å². The summed E-state index contributed by atoms with van der Waals surface area (Å²) in [5.41, 5.74) is 1.70. The van der Waals surface area contributed by atoms with Crippen molar-refractivity contribution in [1.29, 1.82) is 0 Å². The summed E-state index contributed by atoms with van der Waals surface area (Å²) in [6.07, 6.45) is 5.17. The summed E-state index contributed by atoms with van der Waals surface area (Å²) in [4.78, 5) is 19.1. The van der Waals surface area contributed by atoms with Crippen LogP contribution >= 0.6 is 11.8 Å². The van der Waals surface area contributed by atoms with Gasteiger partial charge in [0.1, 0.15) is 5.52 Å². The topological polar surface area (TPSA) is 68.0 Å². The number of carboxylic acids is 1. The molecule has 2 aromatic rings. The molecule has 0 aromatic carbocycles. The van der Waals surface area contributed by atoms with Crippen LogP contribution in [0, 0.1) is 0 Å². The standard InChI is InChI=1S/C12H13N3O2S/c1-3-8(2)15-10-4-5-13-6-9(10)14-12(15)18-7-11(16)17/h3-6,8H,1,7H2,2H3,(H,16,17). The van der Waals surface area contributed by atoms with Gasteiger partial charge >= 0.3 is 5.97 Å². The van der Waals surface area contributed by atoms with Gasteiger partial charge in [-0.25, -0.2) is 4.98 Å². The molecule has 94 valence electrons. The van der Waals surface area contributed by atoms with E-state index in [0.29, 0.717) is 5.16 Å². The van der Waals surface area contributed by atoms with Crippen molar-refractivity contribution < 1.29 is 9.90 Å². The molecular weight excluding hydrogens is 250 g/mol. The second-order valence-corrected chi connectivity index (χ2v) is 4.73. The average molecular weight is 263 g/mol. The smallest absolute Gasteiger partial charge is 0.313 e. The van der Waals surface area contributed by atoms with Crippen LogP contribution in [0.3, 0.4) is 0 Å². The molecule has 18 heavy (non-hydrogen) atoms. The zero-order chi connectivity index (χ0) is 13.1. The summed E-state index contributed by atoms with van der Waals surface area (Å²) >= 11 is 1.20. The largest absolute Gasteiger partial charge is 0.481 e. The lowest BCUT2D eigenvalue weighted by molar-refractivity contribution is -0.133. The Morgan fingerprint density at radius 1 is 1.72 bits per heavy atom. The van der Waals surface area contributed by atoms with Gasteiger partial charge in [-0.2, -0.15) is 0 Å². The maximum absolute atomic E-state index is 10.6. The molecule has 5 nitrogen and oxygen atoms in total. The van der Waals surface area contributed by atoms with Crippen molar-refractivity contribution in [3.8, 4) is 0 Å². The maximum atomic E-state index is 10.6. The fourth-order valence-electron chi connectivity index (χ4n) is 1.66. The third kappa shape index (κ3) is 2.38. The molecular formula is C12H13N3O2S. The molecule has 0 aliphatic rings. The predicted octanol–water partition coefficient (Wildman–Crippen LogP) is 2.36. The first-order valence-electron chi connectivity index (χ1n) is 5.42. The van der Waals surface area contributed by atoms with Crippen molar-refractivity contribution in [2.24, 2.45) is 0 Å². The Kier molecular flexibility index (Phi) is 3.66. The number of rotatable bonds is 5. The first-order chi connectivity index (χ1) is 8.63. The minimum Gasteiger partial charge on any atom is -0.481 e. The summed E-state index contributed by atoms with van der Waals surface area (Å²) in [7, 11) is 0. The highest BCUT2D eigenvalue weighted by Gasteiger charge is 2.15. The lowest BCUT2D eigenvalue weighted by Gasteiger charge is -2.12. The van der Waals surface area contributed by atoms with Crippen LogP contribution in [0.5, 0.6) is 0 Å². The van der Waals surface area contributed by atoms with Crippen LogP contribution < -0.4 is 0 Å². The van der Waals surface area contributed by atoms with Crippen LogP contribution in [0.15, 0.2) is 36.3 Å². The molecule has 1 N–H and O–H groups in total. The third-order valence-electron chi connectivity index (χ3n) is 2.53. The van der Waals surface area contributed by atoms with E-state index in [-0.39, 0.29) is 11.8 Å². The van der Waals surface area contributed by atoms with E-state index in [4.69, 9.17) is 5.11 Å². The molecule has 0 saturated heterocycles. The zero-order valence-corrected chi connectivity index (χ0v) is 10.7. The van der Waals surface area contributed by atoms with E-state index < -0.39 is 5.97 Å². The van der Waals surface area contributed by atoms with E-state index in [1.165, 1.54) is 11.8 Å². The third-order valence-corrected chi connectivity index (χ3v) is 3.47. The molecule has 1 unspecified atom stereocenters. The van der Waals surface area contributed by atoms with Gasteiger partial charge in [0.05, 0.1) is 23.5 Å². The van der Waals surface area contributed by atoms with Crippen LogP contribution in [0.2, 0.25) is 0 Å². The van der Waals surface area contributed by atoms with E-state index in [9.17, 15) is 4.79 Å². The number of fused-ring (bicyclic) bond motifs is 1. The van der Waals surface area contributed by atoms with Gasteiger partial charge in [0.15, 0.2) is 5.16 Å². The minimum atomic E-state index is -0.858. The molecule has 0 bridgehead atoms. The lowest BCUT2D eigenvalue weighted by Crippen LogP contribution is -2.05. The van der Waals surface area contributed by atoms with Crippen LogP contribution in [0.1, 0.15) is 13.0 Å². The highest BCUT2D eigenvalue weighted by Crippen LogP contribution is 2.27. The van der Waals surface area contributed by atoms with Gasteiger partial charge in [-0.05, 0) is 13.0 Å². The summed E-state index contributed by atoms with van der Waals surface area (Å²) in [6, 6.07) is 1.92. The quantitative estimate of drug-likeness (QED) is 0.662. The number of aliphatic carboxylic acids is 1. The lowest BCUT2D eigenvalue weighted by atomic mass is 10.3. The summed E-state index contributed by atoms with van der Waals surface area (Å²) in [6.45, 7) is 5.76. The van der Waals surface area contributed by atoms with E-state index in [1.54, 1.807) is 18.5 Å². The summed E-state index contributed by atoms with van der Waals surface area (Å²) in [5.74, 6) is -0.872. The van der Waals surface area contributed by atoms with Gasteiger partial charge in [0.25, 0.3) is 0 Å². The molecule has 6 heteroatoms. The fourth-order valence-corrected chi connectivity index (χ4v) is 2.47. The Morgan fingerprint density at radius 3 is 3.17 bits per heavy atom. The molecule has 2 rings (SSSR count). The molecule has 0 radical (unpaired) electrons. The number of carbonyl (C=O) groups is 1. The van der Waals surface area contributed by atoms with Crippen molar-refractivity contribution in [1.82, 2.24) is 14.5 Å². The van der Waals surface area contributed by atoms with Crippen LogP contribution in [0.25, 0.3) is 11.0 Å². The van der Waals surface area contributed by atoms with Crippen molar-refractivity contribution in [2.75, 3.05) is 5.75 Å². The number of hydrogen-bond donors (Lipinski definition) is 1. The Hall–Kier alpha value is -1.82. The molecule has 2 aromatic heterocycles. The number of aromatic nitrogens is 3. The molecule has 0 spiro atoms. The first-order valence-corrected chi connectivity index (χ1v) is 6.41. The second-order valence-electron chi connectivity index (χ2n) is 3.79. The van der Waals surface area contributed by atoms with Crippen molar-refractivity contribution in [2.45, 2.75) is 18.1 Å². The Bertz CT molecular complexity index is 594. The monoisotopic (exact) mass is 263 g/mol. The summed E-state index contributed by atoms with van der Waals surface area (Å²) < 4.78 is 1.97. The molecule has 2 heterocycles. The van der Waals surface area contributed by atoms with Crippen molar-refractivity contribution >= 4 is 28.8 Å². The van der Waals surface area contributed by atoms with Crippen molar-refractivity contribution in [3.05, 3.63) is 31.1 Å². The average Bonchev–Trinajstić information content (AvgIpc) is 2.73. The normalized spacial score (nSPS) is 12.5. The number of pyridine rings is 1. The SMILES string of the molecule is C=CC(C)n1c(SCC(=O)O)nc2cnccc21. The second kappa shape index (κ2) is 5.22. The van der Waals surface area contributed by atoms with E-state index in [0.717, 1.165) is 11.0 Å². The number of allylic oxidation sites excluding steroid dienone is 1. The van der Waals surface area contributed by atoms with Gasteiger partial charge < -0.3 is 9.67 Å². The zero-order valence-electron chi connectivity index (χ0n) is 9.91. The number of hydrogen-bond acceptors (Lipinski definition) is 4. The van der Waals surface area contributed by atoms with Gasteiger partial charge in [0, 0.05) is 6.20 Å². The fraction of sp³-hybridized carbons (Fsp3) is 0.250. The molecule has 0 aliphatic carbocycles. The Balaban J connectivity index is 2.49. The number of nitrogens with zero attached hydrogens (tertiary/aromatic N) is 3. The van der Waals surface area contributed by atoms with Gasteiger partial charge in [0.2, 0.25) is 0 Å². The molecule has 0 aliphatic heterocycles. The highest BCUT2D eigenvalue weighted by atomic mass is 32.2. The van der Waals surface area contributed by atoms with E-state index in [1.807, 2.05) is 17.6 Å². The molecule has 0 saturated carbocycles. The van der Waals surface area contributed by atoms with E-state index >= 15 is 0 Å². The van der Waals surface area contributed by atoms with Gasteiger partial charge in [-0.3, -0.25) is 9.78 Å². The molecule has 0 fully saturated rings. The highest BCUT2D eigenvalue weighted by molar-refractivity contribution is 7.99. The van der Waals surface area contributed by atoms with Gasteiger partial charge in [-0.1, -0.05) is 17.8 Å². The minimum absolute atomic E-state index is 0.0133. The first kappa shape index (κ1) is 12.6. The Labute approximate surface area is 109 Å². The predicted molar refractivity (Wildman–Crippen MR) is 70.8 cm³/mol. The van der Waals surface area contributed by atoms with Crippen LogP contribution in [0.4, 0.5) is 0 Å². The van der Waals surface area contributed by atoms with Gasteiger partial charge in [-0.15, -0.1) is 6.58 Å².